The maximum absolute atomic E-state index is 12.6. The molecule has 0 aliphatic carbocycles. The third kappa shape index (κ3) is 4.12. The van der Waals surface area contributed by atoms with Gasteiger partial charge in [0.25, 0.3) is 0 Å². The highest BCUT2D eigenvalue weighted by molar-refractivity contribution is 7.89. The Morgan fingerprint density at radius 2 is 2.22 bits per heavy atom. The number of aromatic nitrogens is 2. The van der Waals surface area contributed by atoms with Crippen LogP contribution in [-0.2, 0) is 26.0 Å². The van der Waals surface area contributed by atoms with Crippen molar-refractivity contribution >= 4 is 10.0 Å². The Hall–Kier alpha value is -0.960. The molecular weight excluding hydrogens is 318 g/mol. The number of rotatable bonds is 6. The van der Waals surface area contributed by atoms with Gasteiger partial charge in [0, 0.05) is 38.0 Å². The third-order valence-electron chi connectivity index (χ3n) is 4.49. The maximum atomic E-state index is 12.6. The van der Waals surface area contributed by atoms with Gasteiger partial charge < -0.3 is 9.47 Å². The average Bonchev–Trinajstić information content (AvgIpc) is 3.24. The molecule has 8 heteroatoms. The third-order valence-corrected chi connectivity index (χ3v) is 6.36. The molecule has 1 aromatic rings. The van der Waals surface area contributed by atoms with E-state index in [-0.39, 0.29) is 18.0 Å². The highest BCUT2D eigenvalue weighted by Crippen LogP contribution is 2.24. The Morgan fingerprint density at radius 1 is 1.35 bits per heavy atom. The molecule has 0 saturated carbocycles. The molecule has 0 aromatic carbocycles. The molecule has 3 rings (SSSR count). The summed E-state index contributed by atoms with van der Waals surface area (Å²) in [7, 11) is -3.26. The Kier molecular flexibility index (Phi) is 5.35. The lowest BCUT2D eigenvalue weighted by Crippen LogP contribution is -2.43. The van der Waals surface area contributed by atoms with E-state index in [0.717, 1.165) is 31.6 Å². The van der Waals surface area contributed by atoms with Crippen molar-refractivity contribution in [1.82, 2.24) is 14.1 Å². The summed E-state index contributed by atoms with van der Waals surface area (Å²) in [6.45, 7) is 4.76. The standard InChI is InChI=1S/C15H25N3O4S/c1-2-17-11-13(10-16-17)15-12-18(6-8-22-15)23(19,20)9-5-14-4-3-7-21-14/h10-11,14-15H,2-9,12H2,1H3. The topological polar surface area (TPSA) is 73.7 Å². The molecule has 7 nitrogen and oxygen atoms in total. The molecule has 0 spiro atoms. The first-order valence-electron chi connectivity index (χ1n) is 8.32. The molecule has 2 unspecified atom stereocenters. The molecule has 1 aromatic heterocycles. The van der Waals surface area contributed by atoms with Crippen LogP contribution in [0.25, 0.3) is 0 Å². The van der Waals surface area contributed by atoms with Crippen LogP contribution in [0.3, 0.4) is 0 Å². The van der Waals surface area contributed by atoms with E-state index in [0.29, 0.717) is 26.1 Å². The molecule has 130 valence electrons. The average molecular weight is 343 g/mol. The molecular formula is C15H25N3O4S. The SMILES string of the molecule is CCn1cc(C2CN(S(=O)(=O)CCC3CCCO3)CCO2)cn1. The van der Waals surface area contributed by atoms with Crippen molar-refractivity contribution in [2.24, 2.45) is 0 Å². The van der Waals surface area contributed by atoms with Crippen molar-refractivity contribution in [3.8, 4) is 0 Å². The number of sulfonamides is 1. The summed E-state index contributed by atoms with van der Waals surface area (Å²) < 4.78 is 39.8. The molecule has 2 aliphatic rings. The summed E-state index contributed by atoms with van der Waals surface area (Å²) in [5.74, 6) is 0.151. The number of ether oxygens (including phenoxy) is 2. The predicted octanol–water partition coefficient (Wildman–Crippen LogP) is 1.18. The first-order chi connectivity index (χ1) is 11.1. The van der Waals surface area contributed by atoms with Crippen LogP contribution < -0.4 is 0 Å². The van der Waals surface area contributed by atoms with Crippen molar-refractivity contribution in [2.75, 3.05) is 32.1 Å². The van der Waals surface area contributed by atoms with Crippen LogP contribution in [-0.4, -0.2) is 60.7 Å². The van der Waals surface area contributed by atoms with Crippen LogP contribution in [0.2, 0.25) is 0 Å². The zero-order chi connectivity index (χ0) is 16.3. The van der Waals surface area contributed by atoms with Crippen LogP contribution in [0.15, 0.2) is 12.4 Å². The minimum Gasteiger partial charge on any atom is -0.378 e. The van der Waals surface area contributed by atoms with Crippen molar-refractivity contribution < 1.29 is 17.9 Å². The molecule has 2 fully saturated rings. The minimum absolute atomic E-state index is 0.101. The molecule has 2 saturated heterocycles. The largest absolute Gasteiger partial charge is 0.378 e. The van der Waals surface area contributed by atoms with Gasteiger partial charge in [-0.2, -0.15) is 9.40 Å². The van der Waals surface area contributed by atoms with E-state index in [1.807, 2.05) is 17.8 Å². The Balaban J connectivity index is 1.60. The van der Waals surface area contributed by atoms with Gasteiger partial charge >= 0.3 is 0 Å². The van der Waals surface area contributed by atoms with Gasteiger partial charge in [-0.1, -0.05) is 0 Å². The zero-order valence-electron chi connectivity index (χ0n) is 13.6. The van der Waals surface area contributed by atoms with E-state index < -0.39 is 10.0 Å². The summed E-state index contributed by atoms with van der Waals surface area (Å²) in [4.78, 5) is 0. The van der Waals surface area contributed by atoms with Crippen LogP contribution in [0.5, 0.6) is 0 Å². The zero-order valence-corrected chi connectivity index (χ0v) is 14.4. The number of hydrogen-bond donors (Lipinski definition) is 0. The van der Waals surface area contributed by atoms with Gasteiger partial charge in [-0.15, -0.1) is 0 Å². The van der Waals surface area contributed by atoms with Crippen molar-refractivity contribution in [3.63, 3.8) is 0 Å². The van der Waals surface area contributed by atoms with Crippen LogP contribution >= 0.6 is 0 Å². The fraction of sp³-hybridized carbons (Fsp3) is 0.800. The second-order valence-corrected chi connectivity index (χ2v) is 8.17. The normalized spacial score (nSPS) is 26.7. The summed E-state index contributed by atoms with van der Waals surface area (Å²) in [5, 5.41) is 4.24. The highest BCUT2D eigenvalue weighted by atomic mass is 32.2. The number of nitrogens with zero attached hydrogens (tertiary/aromatic N) is 3. The molecule has 0 bridgehead atoms. The second kappa shape index (κ2) is 7.29. The first-order valence-corrected chi connectivity index (χ1v) is 9.93. The number of aryl methyl sites for hydroxylation is 1. The highest BCUT2D eigenvalue weighted by Gasteiger charge is 2.31. The van der Waals surface area contributed by atoms with E-state index in [2.05, 4.69) is 5.10 Å². The van der Waals surface area contributed by atoms with Crippen LogP contribution in [0, 0.1) is 0 Å². The molecule has 23 heavy (non-hydrogen) atoms. The van der Waals surface area contributed by atoms with E-state index in [1.165, 1.54) is 0 Å². The summed E-state index contributed by atoms with van der Waals surface area (Å²) in [6, 6.07) is 0. The molecule has 2 atom stereocenters. The van der Waals surface area contributed by atoms with E-state index in [9.17, 15) is 8.42 Å². The molecule has 2 aliphatic heterocycles. The molecule has 0 amide bonds. The van der Waals surface area contributed by atoms with E-state index >= 15 is 0 Å². The summed E-state index contributed by atoms with van der Waals surface area (Å²) in [6.07, 6.45) is 6.14. The molecule has 0 N–H and O–H groups in total. The lowest BCUT2D eigenvalue weighted by atomic mass is 10.2. The lowest BCUT2D eigenvalue weighted by molar-refractivity contribution is -0.00270. The van der Waals surface area contributed by atoms with Gasteiger partial charge in [-0.05, 0) is 26.2 Å². The fourth-order valence-electron chi connectivity index (χ4n) is 3.08. The monoisotopic (exact) mass is 343 g/mol. The van der Waals surface area contributed by atoms with E-state index in [4.69, 9.17) is 9.47 Å². The number of morpholine rings is 1. The fourth-order valence-corrected chi connectivity index (χ4v) is 4.61. The first kappa shape index (κ1) is 16.9. The van der Waals surface area contributed by atoms with Gasteiger partial charge in [0.05, 0.1) is 30.8 Å². The summed E-state index contributed by atoms with van der Waals surface area (Å²) in [5.41, 5.74) is 0.936. The Labute approximate surface area is 137 Å². The predicted molar refractivity (Wildman–Crippen MR) is 85.5 cm³/mol. The Morgan fingerprint density at radius 3 is 2.91 bits per heavy atom. The molecule has 0 radical (unpaired) electrons. The van der Waals surface area contributed by atoms with Gasteiger partial charge in [-0.25, -0.2) is 8.42 Å². The smallest absolute Gasteiger partial charge is 0.214 e. The Bertz CT molecular complexity index is 610. The van der Waals surface area contributed by atoms with Crippen molar-refractivity contribution in [2.45, 2.75) is 44.9 Å². The maximum Gasteiger partial charge on any atom is 0.214 e. The minimum atomic E-state index is -3.26. The summed E-state index contributed by atoms with van der Waals surface area (Å²) >= 11 is 0. The van der Waals surface area contributed by atoms with Gasteiger partial charge in [0.15, 0.2) is 0 Å². The van der Waals surface area contributed by atoms with Gasteiger partial charge in [-0.3, -0.25) is 4.68 Å². The number of hydrogen-bond acceptors (Lipinski definition) is 5. The van der Waals surface area contributed by atoms with Crippen LogP contribution in [0.1, 0.15) is 37.9 Å². The van der Waals surface area contributed by atoms with Crippen molar-refractivity contribution in [1.29, 1.82) is 0 Å². The molecule has 3 heterocycles. The van der Waals surface area contributed by atoms with E-state index in [1.54, 1.807) is 10.5 Å². The van der Waals surface area contributed by atoms with Gasteiger partial charge in [0.1, 0.15) is 0 Å². The van der Waals surface area contributed by atoms with Crippen LogP contribution in [0.4, 0.5) is 0 Å². The van der Waals surface area contributed by atoms with Crippen molar-refractivity contribution in [3.05, 3.63) is 18.0 Å². The quantitative estimate of drug-likeness (QED) is 0.775. The van der Waals surface area contributed by atoms with Gasteiger partial charge in [0.2, 0.25) is 10.0 Å². The lowest BCUT2D eigenvalue weighted by Gasteiger charge is -2.32. The second-order valence-electron chi connectivity index (χ2n) is 6.09.